The lowest BCUT2D eigenvalue weighted by Crippen LogP contribution is -2.42. The normalized spacial score (nSPS) is 16.7. The van der Waals surface area contributed by atoms with Crippen LogP contribution in [0.1, 0.15) is 18.4 Å². The molecule has 1 fully saturated rings. The Bertz CT molecular complexity index is 812. The van der Waals surface area contributed by atoms with E-state index in [-0.39, 0.29) is 17.6 Å². The van der Waals surface area contributed by atoms with E-state index in [9.17, 15) is 17.6 Å². The van der Waals surface area contributed by atoms with Gasteiger partial charge in [-0.15, -0.1) is 11.3 Å². The van der Waals surface area contributed by atoms with Crippen molar-refractivity contribution in [3.05, 3.63) is 53.2 Å². The van der Waals surface area contributed by atoms with E-state index in [2.05, 4.69) is 5.32 Å². The molecular formula is C17H19FN2O3S2. The maximum Gasteiger partial charge on any atom is 0.252 e. The Balaban J connectivity index is 1.51. The summed E-state index contributed by atoms with van der Waals surface area (Å²) in [5.74, 6) is -0.595. The summed E-state index contributed by atoms with van der Waals surface area (Å²) in [4.78, 5) is 12.3. The van der Waals surface area contributed by atoms with Crippen molar-refractivity contribution in [3.8, 4) is 0 Å². The third-order valence-corrected chi connectivity index (χ3v) is 7.57. The number of carbonyl (C=O) groups excluding carboxylic acids is 1. The fraction of sp³-hybridized carbons (Fsp3) is 0.353. The Morgan fingerprint density at radius 2 is 1.88 bits per heavy atom. The summed E-state index contributed by atoms with van der Waals surface area (Å²) < 4.78 is 39.6. The minimum absolute atomic E-state index is 0.0857. The first-order valence-corrected chi connectivity index (χ1v) is 10.3. The van der Waals surface area contributed by atoms with Crippen molar-refractivity contribution in [2.45, 2.75) is 23.6 Å². The van der Waals surface area contributed by atoms with Gasteiger partial charge in [0, 0.05) is 25.6 Å². The average Bonchev–Trinajstić information content (AvgIpc) is 3.16. The molecule has 1 N–H and O–H groups in total. The van der Waals surface area contributed by atoms with Crippen LogP contribution in [0.3, 0.4) is 0 Å². The topological polar surface area (TPSA) is 66.5 Å². The molecule has 0 saturated carbocycles. The lowest BCUT2D eigenvalue weighted by molar-refractivity contribution is -0.126. The second-order valence-electron chi connectivity index (χ2n) is 5.95. The Hall–Kier alpha value is -1.77. The molecule has 25 heavy (non-hydrogen) atoms. The zero-order valence-corrected chi connectivity index (χ0v) is 15.2. The molecule has 0 unspecified atom stereocenters. The van der Waals surface area contributed by atoms with Crippen molar-refractivity contribution < 1.29 is 17.6 Å². The Morgan fingerprint density at radius 3 is 2.48 bits per heavy atom. The minimum atomic E-state index is -3.44. The molecule has 1 aliphatic heterocycles. The van der Waals surface area contributed by atoms with E-state index in [0.717, 1.165) is 5.56 Å². The van der Waals surface area contributed by atoms with Crippen LogP contribution in [0.15, 0.2) is 46.0 Å². The zero-order chi connectivity index (χ0) is 17.9. The molecule has 8 heteroatoms. The number of piperidine rings is 1. The van der Waals surface area contributed by atoms with Crippen LogP contribution in [0.25, 0.3) is 0 Å². The highest BCUT2D eigenvalue weighted by molar-refractivity contribution is 7.91. The van der Waals surface area contributed by atoms with Crippen LogP contribution in [-0.2, 0) is 21.4 Å². The van der Waals surface area contributed by atoms with Gasteiger partial charge in [-0.1, -0.05) is 18.2 Å². The molecular weight excluding hydrogens is 363 g/mol. The lowest BCUT2D eigenvalue weighted by Gasteiger charge is -2.30. The number of hydrogen-bond acceptors (Lipinski definition) is 4. The monoisotopic (exact) mass is 382 g/mol. The van der Waals surface area contributed by atoms with E-state index in [1.165, 1.54) is 27.8 Å². The number of nitrogens with zero attached hydrogens (tertiary/aromatic N) is 1. The van der Waals surface area contributed by atoms with Gasteiger partial charge in [-0.2, -0.15) is 4.31 Å². The number of thiophene rings is 1. The molecule has 3 rings (SSSR count). The standard InChI is InChI=1S/C17H19FN2O3S2/c18-15-5-3-13(4-6-15)12-19-17(21)14-7-9-20(10-8-14)25(22,23)16-2-1-11-24-16/h1-6,11,14H,7-10,12H2,(H,19,21). The Kier molecular flexibility index (Phi) is 5.51. The molecule has 1 amide bonds. The Morgan fingerprint density at radius 1 is 1.20 bits per heavy atom. The first-order chi connectivity index (χ1) is 12.0. The third kappa shape index (κ3) is 4.26. The number of benzene rings is 1. The van der Waals surface area contributed by atoms with Crippen molar-refractivity contribution >= 4 is 27.3 Å². The summed E-state index contributed by atoms with van der Waals surface area (Å²) in [6, 6.07) is 9.29. The van der Waals surface area contributed by atoms with Crippen molar-refractivity contribution in [1.29, 1.82) is 0 Å². The van der Waals surface area contributed by atoms with Crippen molar-refractivity contribution in [2.75, 3.05) is 13.1 Å². The maximum absolute atomic E-state index is 12.9. The first kappa shape index (κ1) is 18.0. The van der Waals surface area contributed by atoms with Crippen molar-refractivity contribution in [1.82, 2.24) is 9.62 Å². The molecule has 0 atom stereocenters. The van der Waals surface area contributed by atoms with Gasteiger partial charge in [-0.25, -0.2) is 12.8 Å². The zero-order valence-electron chi connectivity index (χ0n) is 13.5. The molecule has 0 bridgehead atoms. The number of amides is 1. The fourth-order valence-electron chi connectivity index (χ4n) is 2.83. The molecule has 1 aliphatic rings. The SMILES string of the molecule is O=C(NCc1ccc(F)cc1)C1CCN(S(=O)(=O)c2cccs2)CC1. The van der Waals surface area contributed by atoms with Crippen LogP contribution < -0.4 is 5.32 Å². The van der Waals surface area contributed by atoms with Gasteiger partial charge in [-0.3, -0.25) is 4.79 Å². The van der Waals surface area contributed by atoms with E-state index in [1.54, 1.807) is 29.6 Å². The number of halogens is 1. The maximum atomic E-state index is 12.9. The van der Waals surface area contributed by atoms with Gasteiger partial charge in [-0.05, 0) is 42.0 Å². The van der Waals surface area contributed by atoms with Crippen LogP contribution in [0.4, 0.5) is 4.39 Å². The first-order valence-electron chi connectivity index (χ1n) is 8.02. The van der Waals surface area contributed by atoms with Gasteiger partial charge in [0.1, 0.15) is 10.0 Å². The highest BCUT2D eigenvalue weighted by Gasteiger charge is 2.32. The van der Waals surface area contributed by atoms with Crippen LogP contribution in [-0.4, -0.2) is 31.7 Å². The molecule has 134 valence electrons. The number of carbonyl (C=O) groups is 1. The summed E-state index contributed by atoms with van der Waals surface area (Å²) >= 11 is 1.20. The molecule has 0 radical (unpaired) electrons. The van der Waals surface area contributed by atoms with Crippen molar-refractivity contribution in [2.24, 2.45) is 5.92 Å². The lowest BCUT2D eigenvalue weighted by atomic mass is 9.97. The van der Waals surface area contributed by atoms with E-state index in [4.69, 9.17) is 0 Å². The third-order valence-electron chi connectivity index (χ3n) is 4.29. The molecule has 1 aromatic heterocycles. The summed E-state index contributed by atoms with van der Waals surface area (Å²) in [7, 11) is -3.44. The van der Waals surface area contributed by atoms with Gasteiger partial charge >= 0.3 is 0 Å². The average molecular weight is 382 g/mol. The summed E-state index contributed by atoms with van der Waals surface area (Å²) in [5.41, 5.74) is 0.826. The number of rotatable bonds is 5. The summed E-state index contributed by atoms with van der Waals surface area (Å²) in [6.07, 6.45) is 1.000. The number of sulfonamides is 1. The van der Waals surface area contributed by atoms with E-state index < -0.39 is 10.0 Å². The molecule has 1 aromatic carbocycles. The highest BCUT2D eigenvalue weighted by atomic mass is 32.2. The molecule has 2 heterocycles. The van der Waals surface area contributed by atoms with Crippen molar-refractivity contribution in [3.63, 3.8) is 0 Å². The van der Waals surface area contributed by atoms with Crippen LogP contribution in [0.5, 0.6) is 0 Å². The fourth-order valence-corrected chi connectivity index (χ4v) is 5.45. The predicted molar refractivity (Wildman–Crippen MR) is 94.0 cm³/mol. The largest absolute Gasteiger partial charge is 0.352 e. The molecule has 0 aliphatic carbocycles. The summed E-state index contributed by atoms with van der Waals surface area (Å²) in [5, 5.41) is 4.58. The van der Waals surface area contributed by atoms with Gasteiger partial charge < -0.3 is 5.32 Å². The number of nitrogens with one attached hydrogen (secondary N) is 1. The van der Waals surface area contributed by atoms with E-state index >= 15 is 0 Å². The molecule has 5 nitrogen and oxygen atoms in total. The van der Waals surface area contributed by atoms with Crippen LogP contribution in [0, 0.1) is 11.7 Å². The van der Waals surface area contributed by atoms with Gasteiger partial charge in [0.05, 0.1) is 0 Å². The predicted octanol–water partition coefficient (Wildman–Crippen LogP) is 2.60. The highest BCUT2D eigenvalue weighted by Crippen LogP contribution is 2.26. The Labute approximate surface area is 150 Å². The van der Waals surface area contributed by atoms with Gasteiger partial charge in [0.25, 0.3) is 10.0 Å². The second kappa shape index (κ2) is 7.63. The molecule has 2 aromatic rings. The van der Waals surface area contributed by atoms with Gasteiger partial charge in [0.2, 0.25) is 5.91 Å². The molecule has 0 spiro atoms. The van der Waals surface area contributed by atoms with E-state index in [0.29, 0.717) is 36.7 Å². The smallest absolute Gasteiger partial charge is 0.252 e. The number of hydrogen-bond donors (Lipinski definition) is 1. The van der Waals surface area contributed by atoms with Gasteiger partial charge in [0.15, 0.2) is 0 Å². The quantitative estimate of drug-likeness (QED) is 0.864. The minimum Gasteiger partial charge on any atom is -0.352 e. The van der Waals surface area contributed by atoms with Crippen LogP contribution >= 0.6 is 11.3 Å². The van der Waals surface area contributed by atoms with E-state index in [1.807, 2.05) is 0 Å². The second-order valence-corrected chi connectivity index (χ2v) is 9.07. The molecule has 1 saturated heterocycles. The summed E-state index contributed by atoms with van der Waals surface area (Å²) in [6.45, 7) is 1.02. The van der Waals surface area contributed by atoms with Crippen LogP contribution in [0.2, 0.25) is 0 Å².